The summed E-state index contributed by atoms with van der Waals surface area (Å²) in [6.07, 6.45) is 4.55. The zero-order valence-corrected chi connectivity index (χ0v) is 20.7. The van der Waals surface area contributed by atoms with Gasteiger partial charge in [-0.25, -0.2) is 0 Å². The molecule has 0 saturated carbocycles. The molecule has 0 bridgehead atoms. The Hall–Kier alpha value is -3.80. The van der Waals surface area contributed by atoms with E-state index in [1.54, 1.807) is 0 Å². The molecule has 1 unspecified atom stereocenters. The van der Waals surface area contributed by atoms with Crippen LogP contribution in [0.5, 0.6) is 0 Å². The van der Waals surface area contributed by atoms with Crippen molar-refractivity contribution < 1.29 is 0 Å². The maximum Gasteiger partial charge on any atom is 0.254 e. The van der Waals surface area contributed by atoms with Crippen LogP contribution in [0, 0.1) is 6.92 Å². The van der Waals surface area contributed by atoms with Crippen LogP contribution in [0.2, 0.25) is 0 Å². The lowest BCUT2D eigenvalue weighted by atomic mass is 9.98. The quantitative estimate of drug-likeness (QED) is 0.428. The number of aryl methyl sites for hydroxylation is 1. The van der Waals surface area contributed by atoms with Crippen LogP contribution in [-0.4, -0.2) is 43.2 Å². The van der Waals surface area contributed by atoms with Gasteiger partial charge in [-0.15, -0.1) is 0 Å². The summed E-state index contributed by atoms with van der Waals surface area (Å²) in [5.41, 5.74) is 7.58. The van der Waals surface area contributed by atoms with Gasteiger partial charge in [0, 0.05) is 79.5 Å². The van der Waals surface area contributed by atoms with E-state index in [1.165, 1.54) is 22.6 Å². The fraction of sp³-hybridized carbons (Fsp3) is 0.310. The van der Waals surface area contributed by atoms with Crippen LogP contribution in [0.1, 0.15) is 30.5 Å². The van der Waals surface area contributed by atoms with E-state index >= 15 is 0 Å². The highest BCUT2D eigenvalue weighted by atomic mass is 16.1. The number of pyridine rings is 1. The van der Waals surface area contributed by atoms with Gasteiger partial charge in [-0.1, -0.05) is 37.3 Å². The van der Waals surface area contributed by atoms with E-state index in [4.69, 9.17) is 0 Å². The van der Waals surface area contributed by atoms with Crippen LogP contribution < -0.4 is 20.3 Å². The first-order valence-corrected chi connectivity index (χ1v) is 12.4. The molecule has 6 nitrogen and oxygen atoms in total. The van der Waals surface area contributed by atoms with Gasteiger partial charge in [0.2, 0.25) is 0 Å². The molecule has 3 aliphatic rings. The predicted octanol–water partition coefficient (Wildman–Crippen LogP) is 5.10. The molecule has 3 heterocycles. The second kappa shape index (κ2) is 9.82. The fourth-order valence-electron chi connectivity index (χ4n) is 5.33. The number of nitrogens with one attached hydrogen (secondary N) is 1. The molecule has 6 heteroatoms. The minimum absolute atomic E-state index is 0.00550. The van der Waals surface area contributed by atoms with Crippen LogP contribution in [0.4, 0.5) is 17.1 Å². The first kappa shape index (κ1) is 23.0. The van der Waals surface area contributed by atoms with E-state index in [9.17, 15) is 4.79 Å². The molecule has 35 heavy (non-hydrogen) atoms. The highest BCUT2D eigenvalue weighted by molar-refractivity contribution is 5.69. The molecule has 1 saturated heterocycles. The lowest BCUT2D eigenvalue weighted by Gasteiger charge is -2.38. The first-order valence-electron chi connectivity index (χ1n) is 12.4. The number of fused-ring (bicyclic) bond motifs is 1. The molecule has 1 aromatic carbocycles. The Morgan fingerprint density at radius 2 is 1.63 bits per heavy atom. The lowest BCUT2D eigenvalue weighted by Crippen LogP contribution is -2.46. The van der Waals surface area contributed by atoms with Crippen LogP contribution in [0.3, 0.4) is 0 Å². The Balaban J connectivity index is 1.40. The number of nitrogens with zero attached hydrogens (tertiary/aromatic N) is 4. The molecule has 1 aromatic heterocycles. The second-order valence-corrected chi connectivity index (χ2v) is 9.29. The van der Waals surface area contributed by atoms with Crippen LogP contribution in [0.25, 0.3) is 11.3 Å². The Bertz CT molecular complexity index is 1310. The molecular weight excluding hydrogens is 434 g/mol. The van der Waals surface area contributed by atoms with Crippen molar-refractivity contribution in [3.8, 4) is 11.3 Å². The van der Waals surface area contributed by atoms with E-state index in [0.29, 0.717) is 0 Å². The van der Waals surface area contributed by atoms with Crippen molar-refractivity contribution >= 4 is 17.1 Å². The molecule has 1 atom stereocenters. The van der Waals surface area contributed by atoms with Gasteiger partial charge in [0.15, 0.2) is 0 Å². The topological polar surface area (TPSA) is 55.5 Å². The largest absolute Gasteiger partial charge is 0.368 e. The fourth-order valence-corrected chi connectivity index (χ4v) is 5.33. The molecule has 0 spiro atoms. The molecule has 2 aromatic rings. The summed E-state index contributed by atoms with van der Waals surface area (Å²) in [5.74, 6) is 0. The minimum atomic E-state index is -0.0175. The van der Waals surface area contributed by atoms with Gasteiger partial charge < -0.3 is 19.7 Å². The number of hydrogen-bond acceptors (Lipinski definition) is 5. The van der Waals surface area contributed by atoms with E-state index in [1.807, 2.05) is 42.7 Å². The van der Waals surface area contributed by atoms with Gasteiger partial charge >= 0.3 is 0 Å². The lowest BCUT2D eigenvalue weighted by molar-refractivity contribution is 0.642. The normalized spacial score (nSPS) is 14.8. The summed E-state index contributed by atoms with van der Waals surface area (Å²) in [7, 11) is 2.11. The maximum atomic E-state index is 13.0. The summed E-state index contributed by atoms with van der Waals surface area (Å²) >= 11 is 0. The van der Waals surface area contributed by atoms with Gasteiger partial charge in [-0.05, 0) is 49.2 Å². The summed E-state index contributed by atoms with van der Waals surface area (Å²) in [6, 6.07) is 20.8. The predicted molar refractivity (Wildman–Crippen MR) is 145 cm³/mol. The Kier molecular flexibility index (Phi) is 6.45. The van der Waals surface area contributed by atoms with Crippen LogP contribution in [0.15, 0.2) is 77.9 Å². The summed E-state index contributed by atoms with van der Waals surface area (Å²) in [4.78, 5) is 27.4. The van der Waals surface area contributed by atoms with Crippen molar-refractivity contribution in [1.82, 2.24) is 9.97 Å². The van der Waals surface area contributed by atoms with E-state index in [0.717, 1.165) is 49.4 Å². The van der Waals surface area contributed by atoms with Gasteiger partial charge in [0.25, 0.3) is 5.56 Å². The van der Waals surface area contributed by atoms with Gasteiger partial charge in [-0.2, -0.15) is 0 Å². The molecule has 0 amide bonds. The maximum absolute atomic E-state index is 13.0. The molecule has 5 rings (SSSR count). The van der Waals surface area contributed by atoms with Crippen molar-refractivity contribution in [2.45, 2.75) is 26.3 Å². The third kappa shape index (κ3) is 4.48. The van der Waals surface area contributed by atoms with E-state index in [-0.39, 0.29) is 11.6 Å². The number of aromatic nitrogens is 2. The molecule has 2 aliphatic heterocycles. The average Bonchev–Trinajstić information content (AvgIpc) is 3.04. The molecule has 1 N–H and O–H groups in total. The summed E-state index contributed by atoms with van der Waals surface area (Å²) in [6.45, 7) is 8.20. The first-order chi connectivity index (χ1) is 17.1. The molecule has 1 aliphatic carbocycles. The van der Waals surface area contributed by atoms with Crippen LogP contribution in [-0.2, 0) is 0 Å². The number of benzene rings is 1. The molecule has 0 radical (unpaired) electrons. The standard InChI is InChI=1S/C29H33N5O/c1-4-26(28-24-8-6-5-7-9-25(24)31-29(28)35)32(3)27-20-23(11-10-21(27)2)34-18-16-33(17-19-34)22-12-14-30-15-13-22/h5-15,20,26H,4,16-19H2,1-3H3,(H,31,35). The van der Waals surface area contributed by atoms with Crippen molar-refractivity contribution in [1.29, 1.82) is 0 Å². The smallest absolute Gasteiger partial charge is 0.254 e. The third-order valence-electron chi connectivity index (χ3n) is 7.25. The number of piperazine rings is 1. The number of H-pyrrole nitrogens is 1. The third-order valence-corrected chi connectivity index (χ3v) is 7.25. The van der Waals surface area contributed by atoms with Crippen molar-refractivity contribution in [3.63, 3.8) is 0 Å². The van der Waals surface area contributed by atoms with E-state index < -0.39 is 0 Å². The highest BCUT2D eigenvalue weighted by Crippen LogP contribution is 2.36. The Morgan fingerprint density at radius 1 is 0.943 bits per heavy atom. The van der Waals surface area contributed by atoms with E-state index in [2.05, 4.69) is 75.9 Å². The Morgan fingerprint density at radius 3 is 2.34 bits per heavy atom. The Labute approximate surface area is 207 Å². The number of aromatic amines is 1. The number of anilines is 3. The SMILES string of the molecule is CCC(c1c2cccccc-2[nH]c1=O)N(C)c1cc(N2CCN(c3ccncc3)CC2)ccc1C. The monoisotopic (exact) mass is 467 g/mol. The highest BCUT2D eigenvalue weighted by Gasteiger charge is 2.26. The molecular formula is C29H33N5O. The van der Waals surface area contributed by atoms with Gasteiger partial charge in [-0.3, -0.25) is 9.78 Å². The van der Waals surface area contributed by atoms with Crippen molar-refractivity contribution in [3.05, 3.63) is 94.5 Å². The van der Waals surface area contributed by atoms with Crippen molar-refractivity contribution in [2.24, 2.45) is 0 Å². The minimum Gasteiger partial charge on any atom is -0.368 e. The second-order valence-electron chi connectivity index (χ2n) is 9.29. The molecule has 180 valence electrons. The number of hydrogen-bond donors (Lipinski definition) is 1. The molecule has 1 fully saturated rings. The average molecular weight is 468 g/mol. The van der Waals surface area contributed by atoms with Gasteiger partial charge in [0.05, 0.1) is 6.04 Å². The summed E-state index contributed by atoms with van der Waals surface area (Å²) in [5, 5.41) is 0. The zero-order chi connectivity index (χ0) is 24.4. The van der Waals surface area contributed by atoms with Gasteiger partial charge in [0.1, 0.15) is 0 Å². The summed E-state index contributed by atoms with van der Waals surface area (Å²) < 4.78 is 0. The van der Waals surface area contributed by atoms with Crippen molar-refractivity contribution in [2.75, 3.05) is 47.9 Å². The van der Waals surface area contributed by atoms with Crippen LogP contribution >= 0.6 is 0 Å². The zero-order valence-electron chi connectivity index (χ0n) is 20.7. The number of rotatable bonds is 6.